The molecule has 0 aliphatic carbocycles. The molecule has 5 nitrogen and oxygen atoms in total. The summed E-state index contributed by atoms with van der Waals surface area (Å²) in [6, 6.07) is 46.0. The normalized spacial score (nSPS) is 12.0. The summed E-state index contributed by atoms with van der Waals surface area (Å²) in [5.74, 6) is 1.87. The topological polar surface area (TPSA) is 56.7 Å². The van der Waals surface area contributed by atoms with Crippen molar-refractivity contribution in [2.24, 2.45) is 0 Å². The van der Waals surface area contributed by atoms with Crippen LogP contribution in [0, 0.1) is 0 Å². The van der Waals surface area contributed by atoms with Gasteiger partial charge in [0.25, 0.3) is 0 Å². The quantitative estimate of drug-likeness (QED) is 0.204. The Morgan fingerprint density at radius 1 is 0.489 bits per heavy atom. The Kier molecular flexibility index (Phi) is 5.09. The van der Waals surface area contributed by atoms with Crippen molar-refractivity contribution in [3.63, 3.8) is 0 Å². The fourth-order valence-electron chi connectivity index (χ4n) is 6.62. The van der Waals surface area contributed by atoms with Gasteiger partial charge in [0.2, 0.25) is 5.95 Å². The second-order valence-electron chi connectivity index (χ2n) is 11.2. The molecule has 4 aromatic heterocycles. The highest BCUT2D eigenvalue weighted by atomic mass is 32.1. The second-order valence-corrected chi connectivity index (χ2v) is 12.3. The number of nitrogens with zero attached hydrogens (tertiary/aromatic N) is 4. The third-order valence-corrected chi connectivity index (χ3v) is 9.78. The van der Waals surface area contributed by atoms with E-state index >= 15 is 0 Å². The van der Waals surface area contributed by atoms with Crippen LogP contribution in [0.1, 0.15) is 0 Å². The van der Waals surface area contributed by atoms with Gasteiger partial charge in [-0.25, -0.2) is 4.98 Å². The van der Waals surface area contributed by atoms with Gasteiger partial charge in [-0.1, -0.05) is 97.1 Å². The summed E-state index contributed by atoms with van der Waals surface area (Å²) in [6.45, 7) is 0. The van der Waals surface area contributed by atoms with Crippen molar-refractivity contribution < 1.29 is 4.42 Å². The molecule has 45 heavy (non-hydrogen) atoms. The first-order valence-corrected chi connectivity index (χ1v) is 15.7. The lowest BCUT2D eigenvalue weighted by Gasteiger charge is -2.10. The SMILES string of the molecule is c1ccc(-c2nc(-c3ccccc3)nc(-n3c4ccccc4c4cc5c(cc43)sc3ccc4c6ccccc6oc4c35)n2)cc1. The van der Waals surface area contributed by atoms with Crippen LogP contribution < -0.4 is 0 Å². The van der Waals surface area contributed by atoms with Crippen molar-refractivity contribution >= 4 is 75.3 Å². The van der Waals surface area contributed by atoms with Crippen LogP contribution in [0.3, 0.4) is 0 Å². The maximum Gasteiger partial charge on any atom is 0.238 e. The smallest absolute Gasteiger partial charge is 0.238 e. The van der Waals surface area contributed by atoms with E-state index in [0.29, 0.717) is 17.6 Å². The molecule has 0 aliphatic heterocycles. The van der Waals surface area contributed by atoms with E-state index in [4.69, 9.17) is 19.4 Å². The number of hydrogen-bond donors (Lipinski definition) is 0. The Morgan fingerprint density at radius 2 is 1.16 bits per heavy atom. The van der Waals surface area contributed by atoms with Gasteiger partial charge in [-0.2, -0.15) is 9.97 Å². The number of furan rings is 1. The second kappa shape index (κ2) is 9.32. The van der Waals surface area contributed by atoms with E-state index in [1.54, 1.807) is 11.3 Å². The van der Waals surface area contributed by atoms with E-state index in [1.807, 2.05) is 72.8 Å². The number of rotatable bonds is 3. The first-order valence-electron chi connectivity index (χ1n) is 14.9. The zero-order valence-electron chi connectivity index (χ0n) is 23.8. The van der Waals surface area contributed by atoms with Crippen molar-refractivity contribution in [3.8, 4) is 28.7 Å². The third-order valence-electron chi connectivity index (χ3n) is 8.66. The van der Waals surface area contributed by atoms with Crippen LogP contribution in [0.25, 0.3) is 92.6 Å². The van der Waals surface area contributed by atoms with Crippen molar-refractivity contribution in [2.45, 2.75) is 0 Å². The van der Waals surface area contributed by atoms with E-state index in [0.717, 1.165) is 54.9 Å². The standard InChI is InChI=1S/C39H22N4OS/c1-3-11-23(12-4-1)37-40-38(24-13-5-2-6-14-24)42-39(41-37)43-30-17-9-7-15-25(30)28-21-29-34(22-31(28)43)45-33-20-19-27-26-16-8-10-18-32(26)44-36(27)35(29)33/h1-22H. The van der Waals surface area contributed by atoms with Crippen LogP contribution in [0.4, 0.5) is 0 Å². The minimum Gasteiger partial charge on any atom is -0.455 e. The highest BCUT2D eigenvalue weighted by Crippen LogP contribution is 2.44. The fraction of sp³-hybridized carbons (Fsp3) is 0. The van der Waals surface area contributed by atoms with Crippen LogP contribution in [0.2, 0.25) is 0 Å². The van der Waals surface area contributed by atoms with Gasteiger partial charge in [-0.05, 0) is 36.4 Å². The molecule has 6 aromatic carbocycles. The summed E-state index contributed by atoms with van der Waals surface area (Å²) in [5.41, 5.74) is 5.85. The highest BCUT2D eigenvalue weighted by Gasteiger charge is 2.21. The van der Waals surface area contributed by atoms with Crippen molar-refractivity contribution in [3.05, 3.63) is 133 Å². The molecule has 0 saturated carbocycles. The maximum atomic E-state index is 6.49. The Bertz CT molecular complexity index is 2700. The highest BCUT2D eigenvalue weighted by molar-refractivity contribution is 7.26. The number of para-hydroxylation sites is 2. The van der Waals surface area contributed by atoms with Gasteiger partial charge in [0.05, 0.1) is 11.0 Å². The molecule has 10 aromatic rings. The minimum atomic E-state index is 0.592. The van der Waals surface area contributed by atoms with Gasteiger partial charge in [-0.15, -0.1) is 11.3 Å². The van der Waals surface area contributed by atoms with E-state index in [2.05, 4.69) is 65.2 Å². The Morgan fingerprint density at radius 3 is 1.91 bits per heavy atom. The molecule has 0 saturated heterocycles. The molecule has 0 N–H and O–H groups in total. The summed E-state index contributed by atoms with van der Waals surface area (Å²) in [4.78, 5) is 15.1. The van der Waals surface area contributed by atoms with Gasteiger partial charge in [0, 0.05) is 52.8 Å². The molecule has 0 spiro atoms. The van der Waals surface area contributed by atoms with E-state index in [-0.39, 0.29) is 0 Å². The Labute approximate surface area is 260 Å². The first kappa shape index (κ1) is 24.6. The van der Waals surface area contributed by atoms with Crippen LogP contribution in [-0.4, -0.2) is 19.5 Å². The van der Waals surface area contributed by atoms with Gasteiger partial charge >= 0.3 is 0 Å². The molecule has 0 aliphatic rings. The molecule has 0 bridgehead atoms. The zero-order valence-corrected chi connectivity index (χ0v) is 24.6. The molecule has 0 fully saturated rings. The number of hydrogen-bond acceptors (Lipinski definition) is 5. The number of thiophene rings is 1. The van der Waals surface area contributed by atoms with Gasteiger partial charge in [0.1, 0.15) is 11.2 Å². The van der Waals surface area contributed by atoms with Crippen molar-refractivity contribution in [2.75, 3.05) is 0 Å². The Balaban J connectivity index is 1.30. The minimum absolute atomic E-state index is 0.592. The summed E-state index contributed by atoms with van der Waals surface area (Å²) in [7, 11) is 0. The molecule has 0 amide bonds. The molecule has 0 atom stereocenters. The van der Waals surface area contributed by atoms with Crippen LogP contribution in [-0.2, 0) is 0 Å². The molecule has 0 unspecified atom stereocenters. The molecule has 0 radical (unpaired) electrons. The van der Waals surface area contributed by atoms with Crippen molar-refractivity contribution in [1.82, 2.24) is 19.5 Å². The molecule has 4 heterocycles. The Hall–Kier alpha value is -5.85. The van der Waals surface area contributed by atoms with Crippen LogP contribution in [0.15, 0.2) is 138 Å². The summed E-state index contributed by atoms with van der Waals surface area (Å²) >= 11 is 1.79. The molecule has 210 valence electrons. The summed E-state index contributed by atoms with van der Waals surface area (Å²) in [5, 5.41) is 6.94. The average molecular weight is 595 g/mol. The van der Waals surface area contributed by atoms with Crippen LogP contribution in [0.5, 0.6) is 0 Å². The van der Waals surface area contributed by atoms with E-state index in [9.17, 15) is 0 Å². The lowest BCUT2D eigenvalue weighted by atomic mass is 10.1. The number of fused-ring (bicyclic) bond motifs is 10. The summed E-state index contributed by atoms with van der Waals surface area (Å²) in [6.07, 6.45) is 0. The number of benzene rings is 6. The monoisotopic (exact) mass is 594 g/mol. The van der Waals surface area contributed by atoms with Gasteiger partial charge in [-0.3, -0.25) is 4.57 Å². The molecule has 6 heteroatoms. The first-order chi connectivity index (χ1) is 22.3. The fourth-order valence-corrected chi connectivity index (χ4v) is 7.74. The number of aromatic nitrogens is 4. The van der Waals surface area contributed by atoms with E-state index < -0.39 is 0 Å². The zero-order chi connectivity index (χ0) is 29.5. The van der Waals surface area contributed by atoms with Crippen LogP contribution >= 0.6 is 11.3 Å². The lowest BCUT2D eigenvalue weighted by Crippen LogP contribution is -2.06. The summed E-state index contributed by atoms with van der Waals surface area (Å²) < 4.78 is 11.1. The average Bonchev–Trinajstić information content (AvgIpc) is 3.76. The molecule has 10 rings (SSSR count). The van der Waals surface area contributed by atoms with Crippen molar-refractivity contribution in [1.29, 1.82) is 0 Å². The third kappa shape index (κ3) is 3.63. The molecular weight excluding hydrogens is 573 g/mol. The van der Waals surface area contributed by atoms with Gasteiger partial charge < -0.3 is 4.42 Å². The largest absolute Gasteiger partial charge is 0.455 e. The predicted molar refractivity (Wildman–Crippen MR) is 185 cm³/mol. The lowest BCUT2D eigenvalue weighted by molar-refractivity contribution is 0.673. The van der Waals surface area contributed by atoms with E-state index in [1.165, 1.54) is 20.2 Å². The predicted octanol–water partition coefficient (Wildman–Crippen LogP) is 10.6. The molecular formula is C39H22N4OS. The van der Waals surface area contributed by atoms with Gasteiger partial charge in [0.15, 0.2) is 11.6 Å². The maximum absolute atomic E-state index is 6.49.